The largest absolute Gasteiger partial charge is 0.326 e. The Morgan fingerprint density at radius 3 is 2.32 bits per heavy atom. The van der Waals surface area contributed by atoms with Gasteiger partial charge in [0.05, 0.1) is 0 Å². The lowest BCUT2D eigenvalue weighted by Crippen LogP contribution is -2.57. The molecule has 1 atom stereocenters. The first-order valence-electron chi connectivity index (χ1n) is 7.50. The third-order valence-electron chi connectivity index (χ3n) is 4.53. The van der Waals surface area contributed by atoms with Gasteiger partial charge in [-0.3, -0.25) is 9.88 Å². The van der Waals surface area contributed by atoms with E-state index in [-0.39, 0.29) is 11.6 Å². The Kier molecular flexibility index (Phi) is 4.94. The van der Waals surface area contributed by atoms with Crippen molar-refractivity contribution in [1.82, 2.24) is 9.88 Å². The molecule has 0 bridgehead atoms. The molecule has 2 rings (SSSR count). The molecule has 1 aromatic heterocycles. The molecule has 0 amide bonds. The number of hydrogen-bond acceptors (Lipinski definition) is 3. The first-order valence-corrected chi connectivity index (χ1v) is 7.50. The molecule has 1 aliphatic rings. The third kappa shape index (κ3) is 3.77. The van der Waals surface area contributed by atoms with E-state index in [0.717, 1.165) is 6.42 Å². The van der Waals surface area contributed by atoms with Gasteiger partial charge in [-0.15, -0.1) is 0 Å². The van der Waals surface area contributed by atoms with Crippen LogP contribution in [-0.4, -0.2) is 34.6 Å². The molecule has 1 aliphatic heterocycles. The minimum absolute atomic E-state index is 0.0631. The highest BCUT2D eigenvalue weighted by Gasteiger charge is 2.33. The van der Waals surface area contributed by atoms with E-state index in [2.05, 4.69) is 35.9 Å². The van der Waals surface area contributed by atoms with E-state index in [4.69, 9.17) is 5.73 Å². The predicted molar refractivity (Wildman–Crippen MR) is 80.0 cm³/mol. The third-order valence-corrected chi connectivity index (χ3v) is 4.53. The summed E-state index contributed by atoms with van der Waals surface area (Å²) in [7, 11) is 0. The normalized spacial score (nSPS) is 19.9. The molecule has 0 aromatic carbocycles. The van der Waals surface area contributed by atoms with Crippen molar-refractivity contribution < 1.29 is 0 Å². The van der Waals surface area contributed by atoms with Crippen molar-refractivity contribution in [2.45, 2.75) is 57.5 Å². The fourth-order valence-corrected chi connectivity index (χ4v) is 2.90. The van der Waals surface area contributed by atoms with Gasteiger partial charge >= 0.3 is 0 Å². The smallest absolute Gasteiger partial charge is 0.0307 e. The van der Waals surface area contributed by atoms with Gasteiger partial charge in [0.15, 0.2) is 0 Å². The molecule has 0 spiro atoms. The molecular weight excluding hydrogens is 234 g/mol. The molecule has 1 aromatic rings. The van der Waals surface area contributed by atoms with Crippen LogP contribution >= 0.6 is 0 Å². The Balaban J connectivity index is 2.00. The second kappa shape index (κ2) is 6.49. The number of aromatic nitrogens is 1. The Hall–Kier alpha value is -0.930. The van der Waals surface area contributed by atoms with E-state index in [1.165, 1.54) is 44.3 Å². The molecule has 0 aliphatic carbocycles. The molecule has 3 heteroatoms. The van der Waals surface area contributed by atoms with Crippen LogP contribution in [0.25, 0.3) is 0 Å². The summed E-state index contributed by atoms with van der Waals surface area (Å²) in [4.78, 5) is 6.66. The lowest BCUT2D eigenvalue weighted by atomic mass is 9.88. The summed E-state index contributed by atoms with van der Waals surface area (Å²) in [6, 6.07) is 4.30. The monoisotopic (exact) mass is 261 g/mol. The van der Waals surface area contributed by atoms with Crippen LogP contribution < -0.4 is 5.73 Å². The van der Waals surface area contributed by atoms with Gasteiger partial charge in [0.2, 0.25) is 0 Å². The Bertz CT molecular complexity index is 367. The number of likely N-dealkylation sites (tertiary alicyclic amines) is 1. The van der Waals surface area contributed by atoms with Crippen molar-refractivity contribution in [3.8, 4) is 0 Å². The lowest BCUT2D eigenvalue weighted by molar-refractivity contribution is 0.0979. The second-order valence-corrected chi connectivity index (χ2v) is 6.22. The number of nitrogens with zero attached hydrogens (tertiary/aromatic N) is 2. The van der Waals surface area contributed by atoms with Gasteiger partial charge in [-0.2, -0.15) is 0 Å². The van der Waals surface area contributed by atoms with Gasteiger partial charge < -0.3 is 5.73 Å². The van der Waals surface area contributed by atoms with E-state index in [1.807, 2.05) is 12.4 Å². The molecule has 19 heavy (non-hydrogen) atoms. The molecule has 0 saturated carbocycles. The molecule has 0 radical (unpaired) electrons. The molecule has 1 saturated heterocycles. The van der Waals surface area contributed by atoms with Gasteiger partial charge in [0.1, 0.15) is 0 Å². The minimum atomic E-state index is 0.0631. The molecule has 2 N–H and O–H groups in total. The van der Waals surface area contributed by atoms with Crippen LogP contribution in [0.5, 0.6) is 0 Å². The highest BCUT2D eigenvalue weighted by Crippen LogP contribution is 2.24. The van der Waals surface area contributed by atoms with Crippen molar-refractivity contribution in [3.63, 3.8) is 0 Å². The quantitative estimate of drug-likeness (QED) is 0.906. The van der Waals surface area contributed by atoms with Gasteiger partial charge in [0.25, 0.3) is 0 Å². The van der Waals surface area contributed by atoms with E-state index in [1.54, 1.807) is 0 Å². The number of nitrogens with two attached hydrogens (primary N) is 1. The lowest BCUT2D eigenvalue weighted by Gasteiger charge is -2.42. The zero-order valence-electron chi connectivity index (χ0n) is 12.3. The Morgan fingerprint density at radius 2 is 1.74 bits per heavy atom. The maximum Gasteiger partial charge on any atom is 0.0307 e. The summed E-state index contributed by atoms with van der Waals surface area (Å²) in [5.41, 5.74) is 7.85. The highest BCUT2D eigenvalue weighted by molar-refractivity contribution is 5.13. The fraction of sp³-hybridized carbons (Fsp3) is 0.688. The average molecular weight is 261 g/mol. The van der Waals surface area contributed by atoms with Crippen molar-refractivity contribution in [3.05, 3.63) is 30.1 Å². The number of hydrogen-bond donors (Lipinski definition) is 1. The van der Waals surface area contributed by atoms with Crippen LogP contribution in [0, 0.1) is 0 Å². The van der Waals surface area contributed by atoms with Crippen molar-refractivity contribution in [1.29, 1.82) is 0 Å². The van der Waals surface area contributed by atoms with Crippen LogP contribution in [0.15, 0.2) is 24.5 Å². The zero-order valence-corrected chi connectivity index (χ0v) is 12.3. The Morgan fingerprint density at radius 1 is 1.16 bits per heavy atom. The van der Waals surface area contributed by atoms with E-state index >= 15 is 0 Å². The molecule has 2 heterocycles. The SMILES string of the molecule is CC(C)(C(N)Cc1ccncc1)N1CCCCCC1. The van der Waals surface area contributed by atoms with Gasteiger partial charge in [-0.05, 0) is 63.9 Å². The Labute approximate surface area is 117 Å². The highest BCUT2D eigenvalue weighted by atomic mass is 15.2. The number of rotatable bonds is 4. The molecular formula is C16H27N3. The predicted octanol–water partition coefficient (Wildman–Crippen LogP) is 2.61. The molecule has 1 unspecified atom stereocenters. The summed E-state index contributed by atoms with van der Waals surface area (Å²) in [6.07, 6.45) is 9.98. The molecule has 1 fully saturated rings. The van der Waals surface area contributed by atoms with Crippen molar-refractivity contribution in [2.24, 2.45) is 5.73 Å². The van der Waals surface area contributed by atoms with Crippen LogP contribution in [0.1, 0.15) is 45.1 Å². The van der Waals surface area contributed by atoms with E-state index < -0.39 is 0 Å². The summed E-state index contributed by atoms with van der Waals surface area (Å²) >= 11 is 0. The van der Waals surface area contributed by atoms with Crippen LogP contribution in [0.2, 0.25) is 0 Å². The van der Waals surface area contributed by atoms with Gasteiger partial charge in [-0.1, -0.05) is 12.8 Å². The summed E-state index contributed by atoms with van der Waals surface area (Å²) in [5, 5.41) is 0. The summed E-state index contributed by atoms with van der Waals surface area (Å²) in [6.45, 7) is 6.97. The maximum absolute atomic E-state index is 6.50. The topological polar surface area (TPSA) is 42.1 Å². The molecule has 3 nitrogen and oxygen atoms in total. The minimum Gasteiger partial charge on any atom is -0.326 e. The fourth-order valence-electron chi connectivity index (χ4n) is 2.90. The first-order chi connectivity index (χ1) is 9.10. The first kappa shape index (κ1) is 14.5. The van der Waals surface area contributed by atoms with Crippen LogP contribution in [0.3, 0.4) is 0 Å². The maximum atomic E-state index is 6.50. The van der Waals surface area contributed by atoms with E-state index in [0.29, 0.717) is 0 Å². The van der Waals surface area contributed by atoms with E-state index in [9.17, 15) is 0 Å². The van der Waals surface area contributed by atoms with Crippen molar-refractivity contribution >= 4 is 0 Å². The molecule has 106 valence electrons. The van der Waals surface area contributed by atoms with Crippen LogP contribution in [0.4, 0.5) is 0 Å². The average Bonchev–Trinajstić information content (AvgIpc) is 2.69. The standard InChI is InChI=1S/C16H27N3/c1-16(2,19-11-5-3-4-6-12-19)15(17)13-14-7-9-18-10-8-14/h7-10,15H,3-6,11-13,17H2,1-2H3. The summed E-state index contributed by atoms with van der Waals surface area (Å²) in [5.74, 6) is 0. The van der Waals surface area contributed by atoms with Crippen LogP contribution in [-0.2, 0) is 6.42 Å². The van der Waals surface area contributed by atoms with Gasteiger partial charge in [-0.25, -0.2) is 0 Å². The summed E-state index contributed by atoms with van der Waals surface area (Å²) < 4.78 is 0. The zero-order chi connectivity index (χ0) is 13.7. The second-order valence-electron chi connectivity index (χ2n) is 6.22. The van der Waals surface area contributed by atoms with Crippen molar-refractivity contribution in [2.75, 3.05) is 13.1 Å². The number of pyridine rings is 1. The van der Waals surface area contributed by atoms with Gasteiger partial charge in [0, 0.05) is 24.0 Å².